The molecule has 0 radical (unpaired) electrons. The number of hydrogen-bond donors (Lipinski definition) is 1. The van der Waals surface area contributed by atoms with Crippen LogP contribution in [-0.4, -0.2) is 32.2 Å². The lowest BCUT2D eigenvalue weighted by Crippen LogP contribution is -2.30. The van der Waals surface area contributed by atoms with Crippen LogP contribution in [0.4, 0.5) is 5.69 Å². The molecule has 1 heterocycles. The third-order valence-corrected chi connectivity index (χ3v) is 3.91. The lowest BCUT2D eigenvalue weighted by Gasteiger charge is -2.15. The van der Waals surface area contributed by atoms with E-state index in [2.05, 4.69) is 20.8 Å². The summed E-state index contributed by atoms with van der Waals surface area (Å²) >= 11 is 0. The highest BCUT2D eigenvalue weighted by molar-refractivity contribution is 5.94. The molecule has 128 valence electrons. The number of benzene rings is 2. The summed E-state index contributed by atoms with van der Waals surface area (Å²) in [4.78, 5) is 12.3. The number of nitrogens with zero attached hydrogens (tertiary/aromatic N) is 4. The molecule has 1 amide bonds. The van der Waals surface area contributed by atoms with E-state index in [-0.39, 0.29) is 5.91 Å². The molecule has 25 heavy (non-hydrogen) atoms. The molecule has 1 aromatic heterocycles. The molecule has 0 unspecified atom stereocenters. The van der Waals surface area contributed by atoms with Gasteiger partial charge in [0.15, 0.2) is 6.10 Å². The van der Waals surface area contributed by atoms with Gasteiger partial charge in [-0.15, -0.1) is 5.10 Å². The second-order valence-electron chi connectivity index (χ2n) is 5.80. The predicted molar refractivity (Wildman–Crippen MR) is 93.8 cm³/mol. The summed E-state index contributed by atoms with van der Waals surface area (Å²) in [6.07, 6.45) is 0.897. The van der Waals surface area contributed by atoms with Crippen molar-refractivity contribution in [2.45, 2.75) is 26.9 Å². The molecule has 7 heteroatoms. The summed E-state index contributed by atoms with van der Waals surface area (Å²) in [7, 11) is 0. The highest BCUT2D eigenvalue weighted by Gasteiger charge is 2.15. The van der Waals surface area contributed by atoms with E-state index in [0.717, 1.165) is 11.3 Å². The Morgan fingerprint density at radius 1 is 1.12 bits per heavy atom. The molecular weight excluding hydrogens is 318 g/mol. The van der Waals surface area contributed by atoms with Crippen LogP contribution in [0.3, 0.4) is 0 Å². The summed E-state index contributed by atoms with van der Waals surface area (Å²) < 4.78 is 7.26. The predicted octanol–water partition coefficient (Wildman–Crippen LogP) is 2.69. The normalized spacial score (nSPS) is 11.8. The highest BCUT2D eigenvalue weighted by atomic mass is 16.5. The highest BCUT2D eigenvalue weighted by Crippen LogP contribution is 2.18. The Bertz CT molecular complexity index is 860. The van der Waals surface area contributed by atoms with Crippen molar-refractivity contribution in [1.29, 1.82) is 0 Å². The number of carbonyl (C=O) groups excluding carboxylic acids is 1. The van der Waals surface area contributed by atoms with Gasteiger partial charge in [-0.05, 0) is 78.7 Å². The standard InChI is InChI=1S/C18H19N5O2/c1-12-4-9-17(10-13(12)2)25-14(3)18(24)20-15-5-7-16(8-6-15)23-11-19-21-22-23/h4-11,14H,1-3H3,(H,20,24)/t14-/m1/s1. The van der Waals surface area contributed by atoms with Gasteiger partial charge in [0.05, 0.1) is 5.69 Å². The van der Waals surface area contributed by atoms with Crippen molar-refractivity contribution in [2.24, 2.45) is 0 Å². The van der Waals surface area contributed by atoms with Crippen molar-refractivity contribution >= 4 is 11.6 Å². The number of nitrogens with one attached hydrogen (secondary N) is 1. The van der Waals surface area contributed by atoms with Gasteiger partial charge in [0.2, 0.25) is 0 Å². The summed E-state index contributed by atoms with van der Waals surface area (Å²) in [5.41, 5.74) is 3.80. The number of hydrogen-bond acceptors (Lipinski definition) is 5. The number of amides is 1. The zero-order valence-corrected chi connectivity index (χ0v) is 14.3. The van der Waals surface area contributed by atoms with Crippen LogP contribution in [0.1, 0.15) is 18.1 Å². The maximum absolute atomic E-state index is 12.3. The van der Waals surface area contributed by atoms with E-state index >= 15 is 0 Å². The van der Waals surface area contributed by atoms with Crippen LogP contribution in [0.25, 0.3) is 5.69 Å². The molecule has 0 fully saturated rings. The molecule has 0 bridgehead atoms. The smallest absolute Gasteiger partial charge is 0.265 e. The van der Waals surface area contributed by atoms with Gasteiger partial charge in [-0.2, -0.15) is 0 Å². The zero-order valence-electron chi connectivity index (χ0n) is 14.3. The largest absolute Gasteiger partial charge is 0.481 e. The lowest BCUT2D eigenvalue weighted by atomic mass is 10.1. The second kappa shape index (κ2) is 7.12. The summed E-state index contributed by atoms with van der Waals surface area (Å²) in [6.45, 7) is 5.77. The molecule has 0 aliphatic heterocycles. The number of tetrazole rings is 1. The Hall–Kier alpha value is -3.22. The Morgan fingerprint density at radius 2 is 1.88 bits per heavy atom. The number of ether oxygens (including phenoxy) is 1. The first-order valence-corrected chi connectivity index (χ1v) is 7.91. The summed E-state index contributed by atoms with van der Waals surface area (Å²) in [5.74, 6) is 0.466. The van der Waals surface area contributed by atoms with Gasteiger partial charge in [0.1, 0.15) is 12.1 Å². The Morgan fingerprint density at radius 3 is 2.52 bits per heavy atom. The molecule has 0 saturated heterocycles. The third kappa shape index (κ3) is 4.00. The van der Waals surface area contributed by atoms with Gasteiger partial charge in [0, 0.05) is 5.69 Å². The van der Waals surface area contributed by atoms with Crippen LogP contribution in [0.5, 0.6) is 5.75 Å². The van der Waals surface area contributed by atoms with Crippen molar-refractivity contribution in [2.75, 3.05) is 5.32 Å². The SMILES string of the molecule is Cc1ccc(O[C@H](C)C(=O)Nc2ccc(-n3cnnn3)cc2)cc1C. The first kappa shape index (κ1) is 16.6. The van der Waals surface area contributed by atoms with Gasteiger partial charge in [-0.3, -0.25) is 4.79 Å². The van der Waals surface area contributed by atoms with Crippen LogP contribution in [0.15, 0.2) is 48.8 Å². The molecule has 3 rings (SSSR count). The Balaban J connectivity index is 1.62. The van der Waals surface area contributed by atoms with E-state index in [9.17, 15) is 4.79 Å². The fourth-order valence-electron chi connectivity index (χ4n) is 2.27. The number of aryl methyl sites for hydroxylation is 2. The van der Waals surface area contributed by atoms with Crippen LogP contribution in [0.2, 0.25) is 0 Å². The monoisotopic (exact) mass is 337 g/mol. The van der Waals surface area contributed by atoms with Gasteiger partial charge in [-0.25, -0.2) is 4.68 Å². The molecular formula is C18H19N5O2. The van der Waals surface area contributed by atoms with E-state index in [1.165, 1.54) is 16.6 Å². The van der Waals surface area contributed by atoms with Crippen LogP contribution >= 0.6 is 0 Å². The maximum atomic E-state index is 12.3. The fraction of sp³-hybridized carbons (Fsp3) is 0.222. The van der Waals surface area contributed by atoms with E-state index in [1.54, 1.807) is 19.1 Å². The molecule has 1 atom stereocenters. The van der Waals surface area contributed by atoms with Gasteiger partial charge < -0.3 is 10.1 Å². The van der Waals surface area contributed by atoms with Gasteiger partial charge in [0.25, 0.3) is 5.91 Å². The minimum Gasteiger partial charge on any atom is -0.481 e. The van der Waals surface area contributed by atoms with Crippen molar-refractivity contribution in [3.8, 4) is 11.4 Å². The Labute approximate surface area is 145 Å². The second-order valence-corrected chi connectivity index (χ2v) is 5.80. The summed E-state index contributed by atoms with van der Waals surface area (Å²) in [5, 5.41) is 13.8. The molecule has 2 aromatic carbocycles. The third-order valence-electron chi connectivity index (χ3n) is 3.91. The quantitative estimate of drug-likeness (QED) is 0.774. The van der Waals surface area contributed by atoms with E-state index < -0.39 is 6.10 Å². The van der Waals surface area contributed by atoms with Crippen molar-refractivity contribution in [1.82, 2.24) is 20.2 Å². The van der Waals surface area contributed by atoms with Gasteiger partial charge >= 0.3 is 0 Å². The molecule has 7 nitrogen and oxygen atoms in total. The number of carbonyl (C=O) groups is 1. The van der Waals surface area contributed by atoms with Crippen LogP contribution < -0.4 is 10.1 Å². The van der Waals surface area contributed by atoms with Crippen molar-refractivity contribution < 1.29 is 9.53 Å². The molecule has 1 N–H and O–H groups in total. The van der Waals surface area contributed by atoms with Gasteiger partial charge in [-0.1, -0.05) is 6.07 Å². The maximum Gasteiger partial charge on any atom is 0.265 e. The number of rotatable bonds is 5. The average molecular weight is 337 g/mol. The van der Waals surface area contributed by atoms with Crippen molar-refractivity contribution in [3.63, 3.8) is 0 Å². The first-order chi connectivity index (χ1) is 12.0. The molecule has 0 saturated carbocycles. The lowest BCUT2D eigenvalue weighted by molar-refractivity contribution is -0.122. The van der Waals surface area contributed by atoms with E-state index in [1.807, 2.05) is 44.2 Å². The zero-order chi connectivity index (χ0) is 17.8. The molecule has 0 aliphatic carbocycles. The fourth-order valence-corrected chi connectivity index (χ4v) is 2.27. The minimum absolute atomic E-state index is 0.214. The Kier molecular flexibility index (Phi) is 4.74. The van der Waals surface area contributed by atoms with E-state index in [0.29, 0.717) is 11.4 Å². The van der Waals surface area contributed by atoms with Crippen LogP contribution in [-0.2, 0) is 4.79 Å². The molecule has 0 spiro atoms. The average Bonchev–Trinajstić information content (AvgIpc) is 3.13. The first-order valence-electron chi connectivity index (χ1n) is 7.91. The molecule has 3 aromatic rings. The summed E-state index contributed by atoms with van der Waals surface area (Å²) in [6, 6.07) is 13.0. The van der Waals surface area contributed by atoms with E-state index in [4.69, 9.17) is 4.74 Å². The van der Waals surface area contributed by atoms with Crippen LogP contribution in [0, 0.1) is 13.8 Å². The van der Waals surface area contributed by atoms with Crippen molar-refractivity contribution in [3.05, 3.63) is 59.9 Å². The minimum atomic E-state index is -0.610. The number of anilines is 1. The number of aromatic nitrogens is 4. The topological polar surface area (TPSA) is 81.9 Å². The molecule has 0 aliphatic rings.